The topological polar surface area (TPSA) is 20.3 Å². The Balaban J connectivity index is 1.62. The Kier molecular flexibility index (Phi) is 6.25. The van der Waals surface area contributed by atoms with Gasteiger partial charge in [-0.1, -0.05) is 90.0 Å². The second-order valence-electron chi connectivity index (χ2n) is 8.24. The van der Waals surface area contributed by atoms with Crippen LogP contribution in [0.3, 0.4) is 0 Å². The first kappa shape index (κ1) is 20.3. The van der Waals surface area contributed by atoms with Gasteiger partial charge in [0.05, 0.1) is 0 Å². The number of nitrogens with zero attached hydrogens (tertiary/aromatic N) is 1. The Morgan fingerprint density at radius 2 is 1.47 bits per heavy atom. The Morgan fingerprint density at radius 1 is 0.800 bits per heavy atom. The molecule has 3 aromatic carbocycles. The van der Waals surface area contributed by atoms with Crippen molar-refractivity contribution in [2.24, 2.45) is 0 Å². The number of rotatable bonds is 5. The van der Waals surface area contributed by atoms with Gasteiger partial charge in [-0.3, -0.25) is 9.69 Å². The molecule has 0 aliphatic carbocycles. The van der Waals surface area contributed by atoms with Gasteiger partial charge in [0.15, 0.2) is 5.78 Å². The highest BCUT2D eigenvalue weighted by Crippen LogP contribution is 2.33. The molecule has 0 radical (unpaired) electrons. The molecule has 0 unspecified atom stereocenters. The minimum atomic E-state index is 0.112. The summed E-state index contributed by atoms with van der Waals surface area (Å²) in [6, 6.07) is 27.6. The largest absolute Gasteiger partial charge is 0.298 e. The third-order valence-electron chi connectivity index (χ3n) is 5.95. The molecular formula is C28H29NO. The van der Waals surface area contributed by atoms with Crippen LogP contribution in [0.4, 0.5) is 0 Å². The molecule has 0 atom stereocenters. The molecule has 1 heterocycles. The van der Waals surface area contributed by atoms with Crippen LogP contribution in [0.2, 0.25) is 0 Å². The molecule has 152 valence electrons. The van der Waals surface area contributed by atoms with Gasteiger partial charge in [-0.2, -0.15) is 0 Å². The van der Waals surface area contributed by atoms with Gasteiger partial charge in [-0.25, -0.2) is 0 Å². The van der Waals surface area contributed by atoms with Crippen molar-refractivity contribution in [2.75, 3.05) is 13.1 Å². The number of hydrogen-bond acceptors (Lipinski definition) is 2. The maximum atomic E-state index is 11.7. The van der Waals surface area contributed by atoms with E-state index in [2.05, 4.69) is 78.6 Å². The van der Waals surface area contributed by atoms with Crippen molar-refractivity contribution in [1.29, 1.82) is 0 Å². The van der Waals surface area contributed by atoms with Crippen LogP contribution in [0.15, 0.2) is 84.4 Å². The summed E-state index contributed by atoms with van der Waals surface area (Å²) >= 11 is 0. The summed E-state index contributed by atoms with van der Waals surface area (Å²) in [4.78, 5) is 14.3. The van der Waals surface area contributed by atoms with Crippen LogP contribution in [0.25, 0.3) is 5.57 Å². The van der Waals surface area contributed by atoms with Crippen molar-refractivity contribution < 1.29 is 4.79 Å². The van der Waals surface area contributed by atoms with E-state index in [0.717, 1.165) is 38.0 Å². The fourth-order valence-electron chi connectivity index (χ4n) is 4.32. The van der Waals surface area contributed by atoms with Crippen LogP contribution in [0.1, 0.15) is 52.4 Å². The summed E-state index contributed by atoms with van der Waals surface area (Å²) in [5.41, 5.74) is 8.75. The van der Waals surface area contributed by atoms with E-state index < -0.39 is 0 Å². The molecule has 0 saturated carbocycles. The lowest BCUT2D eigenvalue weighted by molar-refractivity contribution is 0.101. The summed E-state index contributed by atoms with van der Waals surface area (Å²) in [6.45, 7) is 6.93. The lowest BCUT2D eigenvalue weighted by Crippen LogP contribution is -2.30. The zero-order valence-corrected chi connectivity index (χ0v) is 17.9. The standard InChI is InChI=1S/C28H29NO/c1-21-7-6-10-27(19-21)28(25-13-11-24(12-14-25)22(2)30)26-15-17-29(18-16-26)20-23-8-4-3-5-9-23/h3-14,19H,15-18,20H2,1-2H3. The van der Waals surface area contributed by atoms with E-state index in [1.54, 1.807) is 6.92 Å². The molecule has 3 aromatic rings. The lowest BCUT2D eigenvalue weighted by Gasteiger charge is -2.30. The fraction of sp³-hybridized carbons (Fsp3) is 0.250. The molecule has 4 rings (SSSR count). The molecule has 0 amide bonds. The van der Waals surface area contributed by atoms with Crippen LogP contribution in [-0.4, -0.2) is 23.8 Å². The molecule has 2 heteroatoms. The SMILES string of the molecule is CC(=O)c1ccc(C(=C2CCN(Cc3ccccc3)CC2)c2cccc(C)c2)cc1. The third kappa shape index (κ3) is 4.77. The van der Waals surface area contributed by atoms with E-state index in [4.69, 9.17) is 0 Å². The van der Waals surface area contributed by atoms with E-state index in [9.17, 15) is 4.79 Å². The monoisotopic (exact) mass is 395 g/mol. The zero-order valence-electron chi connectivity index (χ0n) is 17.9. The van der Waals surface area contributed by atoms with E-state index >= 15 is 0 Å². The summed E-state index contributed by atoms with van der Waals surface area (Å²) in [5.74, 6) is 0.112. The molecule has 1 saturated heterocycles. The summed E-state index contributed by atoms with van der Waals surface area (Å²) < 4.78 is 0. The second kappa shape index (κ2) is 9.23. The van der Waals surface area contributed by atoms with E-state index in [-0.39, 0.29) is 5.78 Å². The first-order valence-electron chi connectivity index (χ1n) is 10.8. The molecule has 0 N–H and O–H groups in total. The van der Waals surface area contributed by atoms with Crippen LogP contribution >= 0.6 is 0 Å². The van der Waals surface area contributed by atoms with Gasteiger partial charge >= 0.3 is 0 Å². The highest BCUT2D eigenvalue weighted by molar-refractivity contribution is 5.94. The molecule has 1 aliphatic heterocycles. The number of aryl methyl sites for hydroxylation is 1. The molecule has 0 bridgehead atoms. The molecule has 1 aliphatic rings. The Hall–Kier alpha value is -2.97. The van der Waals surface area contributed by atoms with Crippen LogP contribution < -0.4 is 0 Å². The first-order chi connectivity index (χ1) is 14.6. The molecule has 2 nitrogen and oxygen atoms in total. The Labute approximate surface area is 179 Å². The predicted molar refractivity (Wildman–Crippen MR) is 125 cm³/mol. The number of carbonyl (C=O) groups excluding carboxylic acids is 1. The van der Waals surface area contributed by atoms with Gasteiger partial charge in [0.2, 0.25) is 0 Å². The average Bonchev–Trinajstić information content (AvgIpc) is 2.76. The number of hydrogen-bond donors (Lipinski definition) is 0. The second-order valence-corrected chi connectivity index (χ2v) is 8.24. The maximum absolute atomic E-state index is 11.7. The third-order valence-corrected chi connectivity index (χ3v) is 5.95. The Bertz CT molecular complexity index is 1040. The van der Waals surface area contributed by atoms with E-state index in [1.165, 1.54) is 33.4 Å². The van der Waals surface area contributed by atoms with Crippen molar-refractivity contribution >= 4 is 11.4 Å². The number of benzene rings is 3. The van der Waals surface area contributed by atoms with Crippen molar-refractivity contribution in [2.45, 2.75) is 33.2 Å². The molecule has 0 spiro atoms. The lowest BCUT2D eigenvalue weighted by atomic mass is 9.87. The van der Waals surface area contributed by atoms with E-state index in [0.29, 0.717) is 0 Å². The van der Waals surface area contributed by atoms with Gasteiger partial charge in [-0.15, -0.1) is 0 Å². The molecular weight excluding hydrogens is 366 g/mol. The quantitative estimate of drug-likeness (QED) is 0.473. The van der Waals surface area contributed by atoms with Gasteiger partial charge in [0.25, 0.3) is 0 Å². The van der Waals surface area contributed by atoms with Crippen molar-refractivity contribution in [3.63, 3.8) is 0 Å². The number of Topliss-reactive ketones (excluding diaryl/α,β-unsaturated/α-hetero) is 1. The van der Waals surface area contributed by atoms with Crippen molar-refractivity contribution in [3.05, 3.63) is 112 Å². The number of ketones is 1. The first-order valence-corrected chi connectivity index (χ1v) is 10.8. The minimum absolute atomic E-state index is 0.112. The Morgan fingerprint density at radius 3 is 2.10 bits per heavy atom. The van der Waals surface area contributed by atoms with Gasteiger partial charge in [-0.05, 0) is 49.0 Å². The molecule has 30 heavy (non-hydrogen) atoms. The summed E-state index contributed by atoms with van der Waals surface area (Å²) in [7, 11) is 0. The van der Waals surface area contributed by atoms with Crippen LogP contribution in [0.5, 0.6) is 0 Å². The summed E-state index contributed by atoms with van der Waals surface area (Å²) in [6.07, 6.45) is 2.15. The smallest absolute Gasteiger partial charge is 0.159 e. The summed E-state index contributed by atoms with van der Waals surface area (Å²) in [5, 5.41) is 0. The maximum Gasteiger partial charge on any atom is 0.159 e. The fourth-order valence-corrected chi connectivity index (χ4v) is 4.32. The van der Waals surface area contributed by atoms with Gasteiger partial charge in [0, 0.05) is 25.2 Å². The zero-order chi connectivity index (χ0) is 20.9. The number of carbonyl (C=O) groups is 1. The predicted octanol–water partition coefficient (Wildman–Crippen LogP) is 6.30. The molecule has 0 aromatic heterocycles. The highest BCUT2D eigenvalue weighted by atomic mass is 16.1. The van der Waals surface area contributed by atoms with Gasteiger partial charge < -0.3 is 0 Å². The average molecular weight is 396 g/mol. The number of likely N-dealkylation sites (tertiary alicyclic amines) is 1. The van der Waals surface area contributed by atoms with Crippen LogP contribution in [0, 0.1) is 6.92 Å². The highest BCUT2D eigenvalue weighted by Gasteiger charge is 2.19. The minimum Gasteiger partial charge on any atom is -0.298 e. The van der Waals surface area contributed by atoms with Crippen molar-refractivity contribution in [1.82, 2.24) is 4.90 Å². The van der Waals surface area contributed by atoms with E-state index in [1.807, 2.05) is 12.1 Å². The normalized spacial score (nSPS) is 14.5. The van der Waals surface area contributed by atoms with Gasteiger partial charge in [0.1, 0.15) is 0 Å². The van der Waals surface area contributed by atoms with Crippen LogP contribution in [-0.2, 0) is 6.54 Å². The van der Waals surface area contributed by atoms with Crippen molar-refractivity contribution in [3.8, 4) is 0 Å². The number of piperidine rings is 1. The molecule has 1 fully saturated rings.